The first kappa shape index (κ1) is 20.5. The Hall–Kier alpha value is -2.19. The summed E-state index contributed by atoms with van der Waals surface area (Å²) in [5.74, 6) is -0.296. The van der Waals surface area contributed by atoms with E-state index in [2.05, 4.69) is 0 Å². The van der Waals surface area contributed by atoms with Gasteiger partial charge in [-0.1, -0.05) is 30.3 Å². The van der Waals surface area contributed by atoms with Crippen molar-refractivity contribution in [2.75, 3.05) is 38.3 Å². The largest absolute Gasteiger partial charge is 0.468 e. The van der Waals surface area contributed by atoms with Crippen LogP contribution in [0.3, 0.4) is 0 Å². The molecule has 3 rings (SSSR count). The molecule has 28 heavy (non-hydrogen) atoms. The maximum absolute atomic E-state index is 12.3. The number of rotatable bonds is 6. The zero-order chi connectivity index (χ0) is 19.9. The van der Waals surface area contributed by atoms with Crippen LogP contribution >= 0.6 is 23.5 Å². The molecule has 0 N–H and O–H groups in total. The molecule has 0 aliphatic carbocycles. The second kappa shape index (κ2) is 9.84. The molecule has 0 saturated carbocycles. The molecule has 6 nitrogen and oxygen atoms in total. The summed E-state index contributed by atoms with van der Waals surface area (Å²) in [5, 5.41) is 1.87. The average molecular weight is 420 g/mol. The number of ether oxygens (including phenoxy) is 2. The molecule has 1 fully saturated rings. The number of carbonyl (C=O) groups is 3. The highest BCUT2D eigenvalue weighted by Gasteiger charge is 2.29. The minimum Gasteiger partial charge on any atom is -0.468 e. The summed E-state index contributed by atoms with van der Waals surface area (Å²) in [6.45, 7) is 0.496. The number of carbonyl (C=O) groups excluding carboxylic acids is 3. The van der Waals surface area contributed by atoms with E-state index in [1.54, 1.807) is 4.90 Å². The monoisotopic (exact) mass is 419 g/mol. The smallest absolute Gasteiger partial charge is 0.320 e. The minimum absolute atomic E-state index is 0.131. The molecule has 0 radical (unpaired) electrons. The highest BCUT2D eigenvalue weighted by atomic mass is 32.2. The van der Waals surface area contributed by atoms with Crippen molar-refractivity contribution in [1.29, 1.82) is 0 Å². The van der Waals surface area contributed by atoms with E-state index in [4.69, 9.17) is 9.47 Å². The van der Waals surface area contributed by atoms with E-state index < -0.39 is 5.97 Å². The Balaban J connectivity index is 1.44. The van der Waals surface area contributed by atoms with Crippen LogP contribution in [0.2, 0.25) is 0 Å². The molecule has 1 atom stereocenters. The van der Waals surface area contributed by atoms with Crippen LogP contribution in [-0.2, 0) is 23.9 Å². The van der Waals surface area contributed by atoms with Crippen LogP contribution in [0.15, 0.2) is 47.4 Å². The lowest BCUT2D eigenvalue weighted by Crippen LogP contribution is -2.46. The quantitative estimate of drug-likeness (QED) is 0.526. The van der Waals surface area contributed by atoms with Gasteiger partial charge >= 0.3 is 11.9 Å². The lowest BCUT2D eigenvalue weighted by atomic mass is 10.1. The van der Waals surface area contributed by atoms with Crippen LogP contribution in [-0.4, -0.2) is 66.3 Å². The van der Waals surface area contributed by atoms with E-state index in [0.29, 0.717) is 12.3 Å². The molecule has 8 heteroatoms. The molecule has 1 aliphatic rings. The first-order chi connectivity index (χ1) is 13.6. The third-order valence-electron chi connectivity index (χ3n) is 4.32. The Morgan fingerprint density at radius 2 is 1.96 bits per heavy atom. The molecule has 148 valence electrons. The van der Waals surface area contributed by atoms with Crippen molar-refractivity contribution >= 4 is 52.1 Å². The van der Waals surface area contributed by atoms with Gasteiger partial charge in [-0.25, -0.2) is 0 Å². The summed E-state index contributed by atoms with van der Waals surface area (Å²) in [7, 11) is 1.33. The fraction of sp³-hybridized carbons (Fsp3) is 0.350. The van der Waals surface area contributed by atoms with Crippen LogP contribution in [0, 0.1) is 0 Å². The molecule has 2 aromatic carbocycles. The minimum atomic E-state index is -0.442. The number of thioether (sulfide) groups is 2. The Morgan fingerprint density at radius 1 is 1.18 bits per heavy atom. The van der Waals surface area contributed by atoms with Crippen LogP contribution in [0.1, 0.15) is 0 Å². The Bertz CT molecular complexity index is 873. The number of benzene rings is 2. The number of hydrogen-bond acceptors (Lipinski definition) is 7. The molecule has 1 saturated heterocycles. The predicted octanol–water partition coefficient (Wildman–Crippen LogP) is 2.59. The van der Waals surface area contributed by atoms with Gasteiger partial charge in [0, 0.05) is 23.7 Å². The summed E-state index contributed by atoms with van der Waals surface area (Å²) >= 11 is 2.84. The highest BCUT2D eigenvalue weighted by molar-refractivity contribution is 8.00. The predicted molar refractivity (Wildman–Crippen MR) is 110 cm³/mol. The summed E-state index contributed by atoms with van der Waals surface area (Å²) in [5.41, 5.74) is 0. The highest BCUT2D eigenvalue weighted by Crippen LogP contribution is 2.24. The number of nitrogens with zero attached hydrogens (tertiary/aromatic N) is 1. The maximum Gasteiger partial charge on any atom is 0.320 e. The lowest BCUT2D eigenvalue weighted by Gasteiger charge is -2.30. The number of methoxy groups -OCH3 is 1. The molecule has 1 heterocycles. The number of esters is 2. The zero-order valence-electron chi connectivity index (χ0n) is 15.5. The van der Waals surface area contributed by atoms with Gasteiger partial charge in [0.2, 0.25) is 0 Å². The molecule has 0 unspecified atom stereocenters. The molecule has 0 spiro atoms. The molecule has 2 aromatic rings. The molecule has 1 amide bonds. The van der Waals surface area contributed by atoms with Gasteiger partial charge in [-0.2, -0.15) is 0 Å². The van der Waals surface area contributed by atoms with Crippen molar-refractivity contribution in [2.45, 2.75) is 10.1 Å². The zero-order valence-corrected chi connectivity index (χ0v) is 17.1. The first-order valence-electron chi connectivity index (χ1n) is 8.81. The van der Waals surface area contributed by atoms with Crippen molar-refractivity contribution in [3.8, 4) is 0 Å². The van der Waals surface area contributed by atoms with Gasteiger partial charge in [0.1, 0.15) is 5.25 Å². The van der Waals surface area contributed by atoms with Gasteiger partial charge < -0.3 is 14.4 Å². The molecule has 0 bridgehead atoms. The third-order valence-corrected chi connectivity index (χ3v) is 6.45. The van der Waals surface area contributed by atoms with Crippen LogP contribution in [0.4, 0.5) is 0 Å². The Morgan fingerprint density at radius 3 is 2.75 bits per heavy atom. The SMILES string of the molecule is COC(=O)[C@@H]1CN(C(=O)COC(=O)CSc2ccc3ccccc3c2)CCS1. The topological polar surface area (TPSA) is 72.9 Å². The average Bonchev–Trinajstić information content (AvgIpc) is 2.75. The lowest BCUT2D eigenvalue weighted by molar-refractivity contribution is -0.150. The number of hydrogen-bond donors (Lipinski definition) is 0. The van der Waals surface area contributed by atoms with Gasteiger partial charge in [0.05, 0.1) is 12.9 Å². The van der Waals surface area contributed by atoms with Gasteiger partial charge in [0.15, 0.2) is 6.61 Å². The summed E-state index contributed by atoms with van der Waals surface area (Å²) in [4.78, 5) is 38.4. The second-order valence-electron chi connectivity index (χ2n) is 6.18. The van der Waals surface area contributed by atoms with E-state index in [1.165, 1.54) is 30.6 Å². The van der Waals surface area contributed by atoms with Crippen molar-refractivity contribution in [3.63, 3.8) is 0 Å². The van der Waals surface area contributed by atoms with Crippen molar-refractivity contribution in [3.05, 3.63) is 42.5 Å². The van der Waals surface area contributed by atoms with Gasteiger partial charge in [-0.05, 0) is 22.9 Å². The van der Waals surface area contributed by atoms with E-state index in [-0.39, 0.29) is 36.0 Å². The molecule has 1 aliphatic heterocycles. The summed E-state index contributed by atoms with van der Waals surface area (Å²) < 4.78 is 9.85. The third kappa shape index (κ3) is 5.42. The molecular formula is C20H21NO5S2. The number of fused-ring (bicyclic) bond motifs is 1. The van der Waals surface area contributed by atoms with E-state index >= 15 is 0 Å². The van der Waals surface area contributed by atoms with Gasteiger partial charge in [-0.3, -0.25) is 14.4 Å². The Labute approximate surface area is 171 Å². The molecular weight excluding hydrogens is 398 g/mol. The summed E-state index contributed by atoms with van der Waals surface area (Å²) in [6.07, 6.45) is 0. The first-order valence-corrected chi connectivity index (χ1v) is 10.8. The normalized spacial score (nSPS) is 16.6. The fourth-order valence-corrected chi connectivity index (χ4v) is 4.69. The van der Waals surface area contributed by atoms with E-state index in [1.807, 2.05) is 42.5 Å². The maximum atomic E-state index is 12.3. The fourth-order valence-electron chi connectivity index (χ4n) is 2.82. The van der Waals surface area contributed by atoms with Crippen molar-refractivity contribution < 1.29 is 23.9 Å². The van der Waals surface area contributed by atoms with Crippen molar-refractivity contribution in [2.24, 2.45) is 0 Å². The second-order valence-corrected chi connectivity index (χ2v) is 8.54. The van der Waals surface area contributed by atoms with Gasteiger partial charge in [-0.15, -0.1) is 23.5 Å². The summed E-state index contributed by atoms with van der Waals surface area (Å²) in [6, 6.07) is 14.0. The Kier molecular flexibility index (Phi) is 7.22. The molecule has 0 aromatic heterocycles. The van der Waals surface area contributed by atoms with Gasteiger partial charge in [0.25, 0.3) is 5.91 Å². The van der Waals surface area contributed by atoms with Crippen LogP contribution in [0.25, 0.3) is 10.8 Å². The van der Waals surface area contributed by atoms with Crippen LogP contribution < -0.4 is 0 Å². The standard InChI is InChI=1S/C20H21NO5S2/c1-25-20(24)17-11-21(8-9-27-17)18(22)12-26-19(23)13-28-16-7-6-14-4-2-3-5-15(14)10-16/h2-7,10,17H,8-9,11-13H2,1H3/t17-/m0/s1. The van der Waals surface area contributed by atoms with E-state index in [9.17, 15) is 14.4 Å². The number of amides is 1. The van der Waals surface area contributed by atoms with Crippen molar-refractivity contribution in [1.82, 2.24) is 4.90 Å². The van der Waals surface area contributed by atoms with E-state index in [0.717, 1.165) is 15.7 Å². The van der Waals surface area contributed by atoms with Crippen LogP contribution in [0.5, 0.6) is 0 Å².